The fraction of sp³-hybridized carbons (Fsp3) is 0.647. The molecule has 0 radical (unpaired) electrons. The number of aliphatic hydroxyl groups is 1. The number of rotatable bonds is 6. The van der Waals surface area contributed by atoms with E-state index in [2.05, 4.69) is 49.3 Å². The summed E-state index contributed by atoms with van der Waals surface area (Å²) in [5.41, 5.74) is 4.23. The van der Waals surface area contributed by atoms with Crippen LogP contribution in [0.3, 0.4) is 0 Å². The van der Waals surface area contributed by atoms with Gasteiger partial charge >= 0.3 is 0 Å². The summed E-state index contributed by atoms with van der Waals surface area (Å²) in [4.78, 5) is 2.35. The van der Waals surface area contributed by atoms with Crippen molar-refractivity contribution < 1.29 is 5.11 Å². The lowest BCUT2D eigenvalue weighted by molar-refractivity contribution is 0.214. The van der Waals surface area contributed by atoms with Crippen LogP contribution in [0.1, 0.15) is 44.2 Å². The van der Waals surface area contributed by atoms with E-state index in [-0.39, 0.29) is 12.1 Å². The van der Waals surface area contributed by atoms with Crippen molar-refractivity contribution in [3.63, 3.8) is 0 Å². The molecule has 1 heterocycles. The summed E-state index contributed by atoms with van der Waals surface area (Å²) in [7, 11) is 2.17. The molecule has 3 nitrogen and oxygen atoms in total. The van der Waals surface area contributed by atoms with Crippen molar-refractivity contribution in [2.24, 2.45) is 0 Å². The molecule has 0 aromatic heterocycles. The van der Waals surface area contributed by atoms with Crippen LogP contribution in [0.25, 0.3) is 0 Å². The molecule has 0 saturated heterocycles. The van der Waals surface area contributed by atoms with Gasteiger partial charge < -0.3 is 15.3 Å². The molecule has 1 aliphatic heterocycles. The van der Waals surface area contributed by atoms with E-state index in [4.69, 9.17) is 0 Å². The number of benzene rings is 1. The van der Waals surface area contributed by atoms with Gasteiger partial charge in [0.25, 0.3) is 0 Å². The highest BCUT2D eigenvalue weighted by Gasteiger charge is 2.20. The molecule has 0 aliphatic carbocycles. The molecule has 0 saturated carbocycles. The third kappa shape index (κ3) is 3.53. The monoisotopic (exact) mass is 276 g/mol. The second kappa shape index (κ2) is 6.59. The van der Waals surface area contributed by atoms with Crippen molar-refractivity contribution in [1.82, 2.24) is 5.32 Å². The van der Waals surface area contributed by atoms with Gasteiger partial charge in [0, 0.05) is 38.0 Å². The first-order chi connectivity index (χ1) is 9.58. The van der Waals surface area contributed by atoms with Crippen LogP contribution in [0.2, 0.25) is 0 Å². The van der Waals surface area contributed by atoms with Crippen LogP contribution in [0.5, 0.6) is 0 Å². The Morgan fingerprint density at radius 1 is 1.40 bits per heavy atom. The molecule has 0 bridgehead atoms. The van der Waals surface area contributed by atoms with E-state index in [1.807, 2.05) is 0 Å². The van der Waals surface area contributed by atoms with Crippen LogP contribution >= 0.6 is 0 Å². The number of nitrogens with one attached hydrogen (secondary N) is 1. The molecule has 1 aromatic rings. The van der Waals surface area contributed by atoms with Crippen LogP contribution in [0.4, 0.5) is 5.69 Å². The highest BCUT2D eigenvalue weighted by molar-refractivity contribution is 5.56. The van der Waals surface area contributed by atoms with Crippen molar-refractivity contribution in [2.45, 2.75) is 51.6 Å². The zero-order chi connectivity index (χ0) is 14.6. The van der Waals surface area contributed by atoms with Gasteiger partial charge in [0.2, 0.25) is 0 Å². The predicted octanol–water partition coefficient (Wildman–Crippen LogP) is 2.71. The van der Waals surface area contributed by atoms with Gasteiger partial charge in [-0.3, -0.25) is 0 Å². The number of aryl methyl sites for hydroxylation is 1. The molecule has 3 heteroatoms. The third-order valence-corrected chi connectivity index (χ3v) is 4.66. The summed E-state index contributed by atoms with van der Waals surface area (Å²) >= 11 is 0. The van der Waals surface area contributed by atoms with E-state index in [0.29, 0.717) is 0 Å². The maximum Gasteiger partial charge on any atom is 0.0448 e. The Hall–Kier alpha value is -1.06. The first kappa shape index (κ1) is 15.3. The van der Waals surface area contributed by atoms with Crippen molar-refractivity contribution in [1.29, 1.82) is 0 Å². The van der Waals surface area contributed by atoms with E-state index in [0.717, 1.165) is 25.9 Å². The van der Waals surface area contributed by atoms with E-state index in [1.165, 1.54) is 29.7 Å². The van der Waals surface area contributed by atoms with Crippen molar-refractivity contribution in [3.8, 4) is 0 Å². The lowest BCUT2D eigenvalue weighted by Crippen LogP contribution is -2.42. The standard InChI is InChI=1S/C17H28N2O/c1-4-17(2,9-11-20)18-13-14-7-8-16-15(12-14)6-5-10-19(16)3/h7-8,12,18,20H,4-6,9-11,13H2,1-3H3. The Balaban J connectivity index is 2.04. The summed E-state index contributed by atoms with van der Waals surface area (Å²) in [6, 6.07) is 6.82. The minimum absolute atomic E-state index is 0.0292. The van der Waals surface area contributed by atoms with E-state index < -0.39 is 0 Å². The molecule has 0 fully saturated rings. The average Bonchev–Trinajstić information content (AvgIpc) is 2.46. The fourth-order valence-electron chi connectivity index (χ4n) is 2.90. The number of anilines is 1. The number of fused-ring (bicyclic) bond motifs is 1. The minimum atomic E-state index is 0.0292. The van der Waals surface area contributed by atoms with Crippen LogP contribution in [-0.4, -0.2) is 30.8 Å². The normalized spacial score (nSPS) is 17.7. The maximum atomic E-state index is 9.17. The van der Waals surface area contributed by atoms with Crippen LogP contribution < -0.4 is 10.2 Å². The molecule has 1 atom stereocenters. The Morgan fingerprint density at radius 3 is 2.90 bits per heavy atom. The predicted molar refractivity (Wildman–Crippen MR) is 85.3 cm³/mol. The Kier molecular flexibility index (Phi) is 5.06. The molecular formula is C17H28N2O. The van der Waals surface area contributed by atoms with Gasteiger partial charge in [-0.1, -0.05) is 19.1 Å². The van der Waals surface area contributed by atoms with Crippen LogP contribution in [0, 0.1) is 0 Å². The van der Waals surface area contributed by atoms with Gasteiger partial charge in [-0.2, -0.15) is 0 Å². The van der Waals surface area contributed by atoms with Crippen molar-refractivity contribution in [2.75, 3.05) is 25.1 Å². The van der Waals surface area contributed by atoms with E-state index >= 15 is 0 Å². The molecule has 2 N–H and O–H groups in total. The molecule has 2 rings (SSSR count). The zero-order valence-electron chi connectivity index (χ0n) is 13.1. The van der Waals surface area contributed by atoms with Gasteiger partial charge in [-0.25, -0.2) is 0 Å². The smallest absolute Gasteiger partial charge is 0.0448 e. The van der Waals surface area contributed by atoms with Gasteiger partial charge in [0.05, 0.1) is 0 Å². The van der Waals surface area contributed by atoms with Gasteiger partial charge in [0.1, 0.15) is 0 Å². The number of aliphatic hydroxyl groups excluding tert-OH is 1. The number of hydrogen-bond donors (Lipinski definition) is 2. The second-order valence-electron chi connectivity index (χ2n) is 6.23. The Labute approximate surface area is 123 Å². The van der Waals surface area contributed by atoms with E-state index in [1.54, 1.807) is 0 Å². The molecule has 112 valence electrons. The van der Waals surface area contributed by atoms with Crippen LogP contribution in [0.15, 0.2) is 18.2 Å². The molecule has 0 amide bonds. The summed E-state index contributed by atoms with van der Waals surface area (Å²) in [5, 5.41) is 12.8. The van der Waals surface area contributed by atoms with Gasteiger partial charge in [-0.05, 0) is 49.8 Å². The molecule has 1 unspecified atom stereocenters. The number of hydrogen-bond acceptors (Lipinski definition) is 3. The first-order valence-electron chi connectivity index (χ1n) is 7.77. The molecule has 1 aliphatic rings. The highest BCUT2D eigenvalue weighted by Crippen LogP contribution is 2.27. The van der Waals surface area contributed by atoms with Crippen molar-refractivity contribution in [3.05, 3.63) is 29.3 Å². The summed E-state index contributed by atoms with van der Waals surface area (Å²) in [6.07, 6.45) is 4.27. The molecule has 20 heavy (non-hydrogen) atoms. The average molecular weight is 276 g/mol. The Bertz CT molecular complexity index is 447. The van der Waals surface area contributed by atoms with Crippen molar-refractivity contribution >= 4 is 5.69 Å². The lowest BCUT2D eigenvalue weighted by Gasteiger charge is -2.30. The van der Waals surface area contributed by atoms with E-state index in [9.17, 15) is 5.11 Å². The first-order valence-corrected chi connectivity index (χ1v) is 7.77. The topological polar surface area (TPSA) is 35.5 Å². The quantitative estimate of drug-likeness (QED) is 0.838. The lowest BCUT2D eigenvalue weighted by atomic mass is 9.94. The summed E-state index contributed by atoms with van der Waals surface area (Å²) < 4.78 is 0. The fourth-order valence-corrected chi connectivity index (χ4v) is 2.90. The molecular weight excluding hydrogens is 248 g/mol. The zero-order valence-corrected chi connectivity index (χ0v) is 13.1. The third-order valence-electron chi connectivity index (χ3n) is 4.66. The molecule has 1 aromatic carbocycles. The highest BCUT2D eigenvalue weighted by atomic mass is 16.3. The summed E-state index contributed by atoms with van der Waals surface area (Å²) in [5.74, 6) is 0. The second-order valence-corrected chi connectivity index (χ2v) is 6.23. The van der Waals surface area contributed by atoms with Gasteiger partial charge in [-0.15, -0.1) is 0 Å². The molecule has 0 spiro atoms. The van der Waals surface area contributed by atoms with Crippen LogP contribution in [-0.2, 0) is 13.0 Å². The summed E-state index contributed by atoms with van der Waals surface area (Å²) in [6.45, 7) is 6.64. The number of nitrogens with zero attached hydrogens (tertiary/aromatic N) is 1. The Morgan fingerprint density at radius 2 is 2.20 bits per heavy atom. The minimum Gasteiger partial charge on any atom is -0.396 e. The maximum absolute atomic E-state index is 9.17. The van der Waals surface area contributed by atoms with Gasteiger partial charge in [0.15, 0.2) is 0 Å². The largest absolute Gasteiger partial charge is 0.396 e. The SMILES string of the molecule is CCC(C)(CCO)NCc1ccc2c(c1)CCCN2C.